The molecule has 2 aromatic heterocycles. The van der Waals surface area contributed by atoms with Gasteiger partial charge in [-0.15, -0.1) is 0 Å². The molecule has 276 valence electrons. The van der Waals surface area contributed by atoms with Crippen LogP contribution in [0.15, 0.2) is 180 Å². The number of allylic oxidation sites excluding steroid dienone is 6. The van der Waals surface area contributed by atoms with Crippen molar-refractivity contribution in [2.24, 2.45) is 0 Å². The van der Waals surface area contributed by atoms with E-state index in [2.05, 4.69) is 154 Å². The van der Waals surface area contributed by atoms with Gasteiger partial charge in [0.2, 0.25) is 0 Å². The summed E-state index contributed by atoms with van der Waals surface area (Å²) in [6.45, 7) is 8.43. The van der Waals surface area contributed by atoms with Crippen LogP contribution in [-0.2, 0) is 5.41 Å². The number of nitrogens with zero attached hydrogens (tertiary/aromatic N) is 3. The maximum atomic E-state index is 6.59. The average molecular weight is 746 g/mol. The third kappa shape index (κ3) is 5.33. The van der Waals surface area contributed by atoms with Crippen LogP contribution in [0.3, 0.4) is 0 Å². The van der Waals surface area contributed by atoms with Gasteiger partial charge >= 0.3 is 0 Å². The third-order valence-corrected chi connectivity index (χ3v) is 12.3. The molecule has 0 N–H and O–H groups in total. The van der Waals surface area contributed by atoms with E-state index in [4.69, 9.17) is 19.4 Å². The largest absolute Gasteiger partial charge is 0.456 e. The second-order valence-electron chi connectivity index (χ2n) is 16.0. The highest BCUT2D eigenvalue weighted by Crippen LogP contribution is 2.50. The lowest BCUT2D eigenvalue weighted by atomic mass is 9.69. The first-order valence-corrected chi connectivity index (χ1v) is 20.0. The van der Waals surface area contributed by atoms with E-state index in [9.17, 15) is 0 Å². The quantitative estimate of drug-likeness (QED) is 0.159. The normalized spacial score (nSPS) is 17.4. The second kappa shape index (κ2) is 13.2. The third-order valence-electron chi connectivity index (χ3n) is 12.3. The molecular formula is C54H39N3O. The Morgan fingerprint density at radius 1 is 0.638 bits per heavy atom. The van der Waals surface area contributed by atoms with Gasteiger partial charge in [0.05, 0.1) is 0 Å². The SMILES string of the molecule is C=C/C=C\C1=Cc2c(-c3nc(-c4ccccc4)nc(-c4cccc5oc6ccc(C7=CC8c9ccccc9C=CC8c8ccccc87)cc6c45)n3)cccc2C1(C)C. The number of fused-ring (bicyclic) bond motifs is 9. The fraction of sp³-hybridized carbons (Fsp3) is 0.0926. The highest BCUT2D eigenvalue weighted by molar-refractivity contribution is 6.12. The molecule has 0 aliphatic heterocycles. The monoisotopic (exact) mass is 745 g/mol. The van der Waals surface area contributed by atoms with Crippen molar-refractivity contribution in [3.63, 3.8) is 0 Å². The predicted octanol–water partition coefficient (Wildman–Crippen LogP) is 13.5. The van der Waals surface area contributed by atoms with Gasteiger partial charge in [0, 0.05) is 44.7 Å². The van der Waals surface area contributed by atoms with Gasteiger partial charge in [-0.1, -0.05) is 172 Å². The fourth-order valence-corrected chi connectivity index (χ4v) is 9.43. The van der Waals surface area contributed by atoms with E-state index in [-0.39, 0.29) is 11.3 Å². The van der Waals surface area contributed by atoms with Gasteiger partial charge in [-0.25, -0.2) is 15.0 Å². The first-order valence-electron chi connectivity index (χ1n) is 20.0. The lowest BCUT2D eigenvalue weighted by Crippen LogP contribution is -2.18. The Morgan fingerprint density at radius 2 is 1.36 bits per heavy atom. The molecular weight excluding hydrogens is 707 g/mol. The maximum Gasteiger partial charge on any atom is 0.164 e. The Labute approximate surface area is 338 Å². The number of aromatic nitrogens is 3. The molecule has 2 heterocycles. The molecule has 0 radical (unpaired) electrons. The van der Waals surface area contributed by atoms with E-state index in [1.54, 1.807) is 0 Å². The van der Waals surface area contributed by atoms with Gasteiger partial charge in [0.25, 0.3) is 0 Å². The molecule has 3 aliphatic carbocycles. The second-order valence-corrected chi connectivity index (χ2v) is 16.0. The standard InChI is InChI=1S/C54H39N3O/c1-4-5-18-36-31-45-41(22-13-24-47(45)54(36,2)3)52-55-51(34-16-7-6-8-17-34)56-53(57-52)42-23-14-25-49-50(42)46-30-35(27-29-48(46)58-49)43-32-44-37-19-10-9-15-33(37)26-28-40(44)38-20-11-12-21-39(38)43/h4-32,40,44H,1H2,2-3H3/b18-5-. The Hall–Kier alpha value is -7.17. The lowest BCUT2D eigenvalue weighted by molar-refractivity contribution is 0.655. The zero-order chi connectivity index (χ0) is 39.0. The van der Waals surface area contributed by atoms with E-state index >= 15 is 0 Å². The van der Waals surface area contributed by atoms with E-state index in [0.717, 1.165) is 49.8 Å². The van der Waals surface area contributed by atoms with E-state index in [1.807, 2.05) is 42.5 Å². The Bertz CT molecular complexity index is 3120. The van der Waals surface area contributed by atoms with E-state index < -0.39 is 0 Å². The van der Waals surface area contributed by atoms with Crippen LogP contribution in [0.2, 0.25) is 0 Å². The van der Waals surface area contributed by atoms with E-state index in [0.29, 0.717) is 23.4 Å². The van der Waals surface area contributed by atoms with Gasteiger partial charge < -0.3 is 4.42 Å². The van der Waals surface area contributed by atoms with Crippen molar-refractivity contribution in [3.05, 3.63) is 215 Å². The van der Waals surface area contributed by atoms with Crippen LogP contribution in [-0.4, -0.2) is 15.0 Å². The fourth-order valence-electron chi connectivity index (χ4n) is 9.43. The number of hydrogen-bond acceptors (Lipinski definition) is 4. The summed E-state index contributed by atoms with van der Waals surface area (Å²) in [6, 6.07) is 47.1. The smallest absolute Gasteiger partial charge is 0.164 e. The summed E-state index contributed by atoms with van der Waals surface area (Å²) in [4.78, 5) is 15.7. The molecule has 0 fully saturated rings. The van der Waals surface area contributed by atoms with Gasteiger partial charge in [-0.2, -0.15) is 0 Å². The Kier molecular flexibility index (Phi) is 7.77. The summed E-state index contributed by atoms with van der Waals surface area (Å²) >= 11 is 0. The van der Waals surface area contributed by atoms with Gasteiger partial charge in [0.15, 0.2) is 17.5 Å². The van der Waals surface area contributed by atoms with Crippen molar-refractivity contribution >= 4 is 39.7 Å². The van der Waals surface area contributed by atoms with Crippen LogP contribution >= 0.6 is 0 Å². The molecule has 3 aliphatic rings. The van der Waals surface area contributed by atoms with Crippen LogP contribution in [0, 0.1) is 0 Å². The molecule has 0 spiro atoms. The topological polar surface area (TPSA) is 51.8 Å². The highest BCUT2D eigenvalue weighted by Gasteiger charge is 2.34. The van der Waals surface area contributed by atoms with Crippen molar-refractivity contribution in [2.45, 2.75) is 31.1 Å². The number of rotatable bonds is 6. The Morgan fingerprint density at radius 3 is 2.22 bits per heavy atom. The maximum absolute atomic E-state index is 6.59. The van der Waals surface area contributed by atoms with Crippen molar-refractivity contribution in [3.8, 4) is 34.2 Å². The minimum Gasteiger partial charge on any atom is -0.456 e. The molecule has 0 amide bonds. The molecule has 4 nitrogen and oxygen atoms in total. The summed E-state index contributed by atoms with van der Waals surface area (Å²) in [6.07, 6.45) is 15.4. The molecule has 2 atom stereocenters. The van der Waals surface area contributed by atoms with Gasteiger partial charge in [-0.05, 0) is 74.4 Å². The lowest BCUT2D eigenvalue weighted by Gasteiger charge is -2.34. The molecule has 11 rings (SSSR count). The first kappa shape index (κ1) is 34.1. The zero-order valence-corrected chi connectivity index (χ0v) is 32.4. The van der Waals surface area contributed by atoms with Gasteiger partial charge in [0.1, 0.15) is 11.2 Å². The number of furan rings is 1. The summed E-state index contributed by atoms with van der Waals surface area (Å²) in [5.74, 6) is 2.39. The van der Waals surface area contributed by atoms with Crippen LogP contribution < -0.4 is 0 Å². The predicted molar refractivity (Wildman–Crippen MR) is 238 cm³/mol. The Balaban J connectivity index is 1.11. The van der Waals surface area contributed by atoms with Crippen LogP contribution in [0.1, 0.15) is 64.6 Å². The molecule has 0 bridgehead atoms. The molecule has 58 heavy (non-hydrogen) atoms. The summed E-state index contributed by atoms with van der Waals surface area (Å²) in [7, 11) is 0. The zero-order valence-electron chi connectivity index (χ0n) is 32.4. The number of benzene rings is 6. The van der Waals surface area contributed by atoms with Crippen LogP contribution in [0.4, 0.5) is 0 Å². The molecule has 8 aromatic rings. The minimum absolute atomic E-state index is 0.186. The highest BCUT2D eigenvalue weighted by atomic mass is 16.3. The summed E-state index contributed by atoms with van der Waals surface area (Å²) in [5, 5.41) is 2.01. The molecule has 0 saturated carbocycles. The summed E-state index contributed by atoms with van der Waals surface area (Å²) < 4.78 is 6.59. The van der Waals surface area contributed by atoms with Crippen molar-refractivity contribution in [1.29, 1.82) is 0 Å². The minimum atomic E-state index is -0.186. The molecule has 2 unspecified atom stereocenters. The molecule has 0 saturated heterocycles. The van der Waals surface area contributed by atoms with Crippen LogP contribution in [0.25, 0.3) is 73.8 Å². The number of hydrogen-bond donors (Lipinski definition) is 0. The van der Waals surface area contributed by atoms with Crippen molar-refractivity contribution in [1.82, 2.24) is 15.0 Å². The van der Waals surface area contributed by atoms with Crippen LogP contribution in [0.5, 0.6) is 0 Å². The van der Waals surface area contributed by atoms with E-state index in [1.165, 1.54) is 39.0 Å². The molecule has 6 aromatic carbocycles. The summed E-state index contributed by atoms with van der Waals surface area (Å²) in [5.41, 5.74) is 15.5. The van der Waals surface area contributed by atoms with Crippen molar-refractivity contribution in [2.75, 3.05) is 0 Å². The molecule has 4 heteroatoms. The van der Waals surface area contributed by atoms with Crippen molar-refractivity contribution < 1.29 is 4.42 Å². The first-order chi connectivity index (χ1) is 28.5. The van der Waals surface area contributed by atoms with Gasteiger partial charge in [-0.3, -0.25) is 0 Å². The average Bonchev–Trinajstić information content (AvgIpc) is 3.78.